The van der Waals surface area contributed by atoms with E-state index in [4.69, 9.17) is 5.11 Å². The zero-order chi connectivity index (χ0) is 9.84. The number of likely N-dealkylation sites (N-methyl/N-ethyl adjacent to an activating group) is 1. The van der Waals surface area contributed by atoms with E-state index in [1.807, 2.05) is 0 Å². The summed E-state index contributed by atoms with van der Waals surface area (Å²) in [5.41, 5.74) is 0. The zero-order valence-corrected chi connectivity index (χ0v) is 7.62. The molecule has 1 rings (SSSR count). The second-order valence-electron chi connectivity index (χ2n) is 3.28. The molecule has 13 heavy (non-hydrogen) atoms. The Bertz CT molecular complexity index is 217. The molecule has 1 saturated heterocycles. The number of hydrogen-bond acceptors (Lipinski definition) is 3. The normalized spacial score (nSPS) is 23.3. The molecule has 2 N–H and O–H groups in total. The van der Waals surface area contributed by atoms with E-state index in [2.05, 4.69) is 5.32 Å². The maximum Gasteiger partial charge on any atom is 0.303 e. The van der Waals surface area contributed by atoms with Gasteiger partial charge in [0.15, 0.2) is 0 Å². The SMILES string of the molecule is CN1CC(CCC(=O)O)NCC1=O. The van der Waals surface area contributed by atoms with E-state index >= 15 is 0 Å². The van der Waals surface area contributed by atoms with Crippen LogP contribution in [0.5, 0.6) is 0 Å². The number of aliphatic carboxylic acids is 1. The van der Waals surface area contributed by atoms with E-state index in [-0.39, 0.29) is 18.4 Å². The molecular formula is C8H14N2O3. The van der Waals surface area contributed by atoms with Gasteiger partial charge < -0.3 is 15.3 Å². The van der Waals surface area contributed by atoms with Gasteiger partial charge in [-0.3, -0.25) is 9.59 Å². The lowest BCUT2D eigenvalue weighted by molar-refractivity contribution is -0.137. The van der Waals surface area contributed by atoms with Crippen LogP contribution in [-0.4, -0.2) is 48.1 Å². The number of carboxylic acids is 1. The lowest BCUT2D eigenvalue weighted by Crippen LogP contribution is -2.52. The maximum atomic E-state index is 11.0. The highest BCUT2D eigenvalue weighted by molar-refractivity contribution is 5.78. The second kappa shape index (κ2) is 4.23. The molecule has 74 valence electrons. The fraction of sp³-hybridized carbons (Fsp3) is 0.750. The first-order chi connectivity index (χ1) is 6.09. The summed E-state index contributed by atoms with van der Waals surface area (Å²) in [4.78, 5) is 22.9. The van der Waals surface area contributed by atoms with E-state index < -0.39 is 5.97 Å². The van der Waals surface area contributed by atoms with Gasteiger partial charge in [0.1, 0.15) is 0 Å². The van der Waals surface area contributed by atoms with Crippen molar-refractivity contribution in [3.05, 3.63) is 0 Å². The van der Waals surface area contributed by atoms with Crippen LogP contribution in [0.3, 0.4) is 0 Å². The van der Waals surface area contributed by atoms with Crippen molar-refractivity contribution < 1.29 is 14.7 Å². The van der Waals surface area contributed by atoms with Crippen LogP contribution >= 0.6 is 0 Å². The van der Waals surface area contributed by atoms with E-state index in [9.17, 15) is 9.59 Å². The number of carbonyl (C=O) groups is 2. The molecule has 1 aliphatic heterocycles. The molecule has 0 aromatic heterocycles. The molecule has 0 aromatic carbocycles. The van der Waals surface area contributed by atoms with Crippen LogP contribution in [0.1, 0.15) is 12.8 Å². The number of hydrogen-bond donors (Lipinski definition) is 2. The highest BCUT2D eigenvalue weighted by Crippen LogP contribution is 2.03. The van der Waals surface area contributed by atoms with Gasteiger partial charge in [-0.15, -0.1) is 0 Å². The average molecular weight is 186 g/mol. The number of piperazine rings is 1. The third-order valence-electron chi connectivity index (χ3n) is 2.17. The highest BCUT2D eigenvalue weighted by atomic mass is 16.4. The van der Waals surface area contributed by atoms with Crippen LogP contribution in [0.2, 0.25) is 0 Å². The molecule has 1 aliphatic rings. The quantitative estimate of drug-likeness (QED) is 0.610. The summed E-state index contributed by atoms with van der Waals surface area (Å²) in [6, 6.07) is 0.124. The number of rotatable bonds is 3. The molecule has 0 bridgehead atoms. The molecule has 1 unspecified atom stereocenters. The second-order valence-corrected chi connectivity index (χ2v) is 3.28. The molecule has 1 atom stereocenters. The Morgan fingerprint density at radius 1 is 1.77 bits per heavy atom. The molecular weight excluding hydrogens is 172 g/mol. The predicted octanol–water partition coefficient (Wildman–Crippen LogP) is -0.719. The number of nitrogens with one attached hydrogen (secondary N) is 1. The first-order valence-corrected chi connectivity index (χ1v) is 4.28. The molecule has 1 amide bonds. The first-order valence-electron chi connectivity index (χ1n) is 4.28. The monoisotopic (exact) mass is 186 g/mol. The van der Waals surface area contributed by atoms with Crippen LogP contribution in [0.15, 0.2) is 0 Å². The van der Waals surface area contributed by atoms with Crippen LogP contribution in [0, 0.1) is 0 Å². The fourth-order valence-corrected chi connectivity index (χ4v) is 1.35. The summed E-state index contributed by atoms with van der Waals surface area (Å²) in [5, 5.41) is 11.5. The molecule has 0 spiro atoms. The summed E-state index contributed by atoms with van der Waals surface area (Å²) < 4.78 is 0. The Labute approximate surface area is 76.7 Å². The molecule has 1 heterocycles. The van der Waals surface area contributed by atoms with Crippen molar-refractivity contribution in [2.75, 3.05) is 20.1 Å². The van der Waals surface area contributed by atoms with Crippen LogP contribution in [0.25, 0.3) is 0 Å². The average Bonchev–Trinajstić information content (AvgIpc) is 2.07. The van der Waals surface area contributed by atoms with Crippen molar-refractivity contribution in [3.8, 4) is 0 Å². The van der Waals surface area contributed by atoms with Gasteiger partial charge >= 0.3 is 5.97 Å². The molecule has 0 aliphatic carbocycles. The van der Waals surface area contributed by atoms with E-state index in [0.29, 0.717) is 19.5 Å². The fourth-order valence-electron chi connectivity index (χ4n) is 1.35. The van der Waals surface area contributed by atoms with Gasteiger partial charge in [0.05, 0.1) is 6.54 Å². The molecule has 1 fully saturated rings. The van der Waals surface area contributed by atoms with Gasteiger partial charge in [-0.25, -0.2) is 0 Å². The minimum absolute atomic E-state index is 0.0616. The Kier molecular flexibility index (Phi) is 3.25. The highest BCUT2D eigenvalue weighted by Gasteiger charge is 2.22. The summed E-state index contributed by atoms with van der Waals surface area (Å²) in [7, 11) is 1.73. The van der Waals surface area contributed by atoms with Crippen LogP contribution in [0.4, 0.5) is 0 Å². The largest absolute Gasteiger partial charge is 0.481 e. The van der Waals surface area contributed by atoms with Crippen molar-refractivity contribution in [2.24, 2.45) is 0 Å². The van der Waals surface area contributed by atoms with Gasteiger partial charge in [-0.2, -0.15) is 0 Å². The Hall–Kier alpha value is -1.10. The van der Waals surface area contributed by atoms with Crippen molar-refractivity contribution in [1.29, 1.82) is 0 Å². The van der Waals surface area contributed by atoms with E-state index in [1.54, 1.807) is 11.9 Å². The number of amides is 1. The van der Waals surface area contributed by atoms with Gasteiger partial charge in [0, 0.05) is 26.1 Å². The van der Waals surface area contributed by atoms with Gasteiger partial charge in [0.2, 0.25) is 5.91 Å². The predicted molar refractivity (Wildman–Crippen MR) is 46.3 cm³/mol. The third-order valence-corrected chi connectivity index (χ3v) is 2.17. The minimum atomic E-state index is -0.790. The van der Waals surface area contributed by atoms with Gasteiger partial charge in [-0.05, 0) is 6.42 Å². The first kappa shape index (κ1) is 9.98. The van der Waals surface area contributed by atoms with E-state index in [0.717, 1.165) is 0 Å². The summed E-state index contributed by atoms with van der Waals surface area (Å²) in [6.07, 6.45) is 0.729. The minimum Gasteiger partial charge on any atom is -0.481 e. The van der Waals surface area contributed by atoms with Crippen molar-refractivity contribution >= 4 is 11.9 Å². The third kappa shape index (κ3) is 3.02. The summed E-state index contributed by atoms with van der Waals surface area (Å²) in [5.74, 6) is -0.729. The molecule has 5 heteroatoms. The van der Waals surface area contributed by atoms with Gasteiger partial charge in [0.25, 0.3) is 0 Å². The number of carboxylic acid groups (broad SMARTS) is 1. The molecule has 5 nitrogen and oxygen atoms in total. The Morgan fingerprint density at radius 3 is 3.00 bits per heavy atom. The molecule has 0 radical (unpaired) electrons. The Balaban J connectivity index is 2.29. The Morgan fingerprint density at radius 2 is 2.46 bits per heavy atom. The lowest BCUT2D eigenvalue weighted by atomic mass is 10.1. The molecule has 0 saturated carbocycles. The number of carbonyl (C=O) groups excluding carboxylic acids is 1. The summed E-state index contributed by atoms with van der Waals surface area (Å²) in [6.45, 7) is 0.924. The topological polar surface area (TPSA) is 69.6 Å². The standard InChI is InChI=1S/C8H14N2O3/c1-10-5-6(2-3-8(12)13)9-4-7(10)11/h6,9H,2-5H2,1H3,(H,12,13). The molecule has 0 aromatic rings. The smallest absolute Gasteiger partial charge is 0.303 e. The van der Waals surface area contributed by atoms with Gasteiger partial charge in [-0.1, -0.05) is 0 Å². The van der Waals surface area contributed by atoms with Crippen molar-refractivity contribution in [2.45, 2.75) is 18.9 Å². The van der Waals surface area contributed by atoms with Crippen molar-refractivity contribution in [3.63, 3.8) is 0 Å². The van der Waals surface area contributed by atoms with Crippen molar-refractivity contribution in [1.82, 2.24) is 10.2 Å². The zero-order valence-electron chi connectivity index (χ0n) is 7.62. The number of nitrogens with zero attached hydrogens (tertiary/aromatic N) is 1. The van der Waals surface area contributed by atoms with Crippen LogP contribution in [-0.2, 0) is 9.59 Å². The lowest BCUT2D eigenvalue weighted by Gasteiger charge is -2.30. The summed E-state index contributed by atoms with van der Waals surface area (Å²) >= 11 is 0. The maximum absolute atomic E-state index is 11.0. The van der Waals surface area contributed by atoms with Crippen LogP contribution < -0.4 is 5.32 Å². The van der Waals surface area contributed by atoms with E-state index in [1.165, 1.54) is 0 Å².